The van der Waals surface area contributed by atoms with Crippen molar-refractivity contribution in [1.82, 2.24) is 0 Å². The first kappa shape index (κ1) is 15.5. The third-order valence-electron chi connectivity index (χ3n) is 4.02. The Morgan fingerprint density at radius 3 is 2.90 bits per heavy atom. The first-order valence-electron chi connectivity index (χ1n) is 7.48. The first-order chi connectivity index (χ1) is 10.2. The molecule has 1 saturated carbocycles. The zero-order chi connectivity index (χ0) is 15.2. The highest BCUT2D eigenvalue weighted by atomic mass is 16.5. The van der Waals surface area contributed by atoms with E-state index in [9.17, 15) is 9.59 Å². The number of esters is 1. The van der Waals surface area contributed by atoms with Gasteiger partial charge in [0.05, 0.1) is 19.6 Å². The lowest BCUT2D eigenvalue weighted by molar-refractivity contribution is -0.154. The van der Waals surface area contributed by atoms with Crippen LogP contribution < -0.4 is 4.74 Å². The molecule has 0 saturated heterocycles. The minimum absolute atomic E-state index is 0.169. The van der Waals surface area contributed by atoms with Gasteiger partial charge in [0.2, 0.25) is 0 Å². The van der Waals surface area contributed by atoms with Crippen LogP contribution in [0.25, 0.3) is 0 Å². The normalized spacial score (nSPS) is 21.9. The van der Waals surface area contributed by atoms with Crippen molar-refractivity contribution < 1.29 is 19.1 Å². The van der Waals surface area contributed by atoms with E-state index in [0.29, 0.717) is 19.4 Å². The molecule has 1 aliphatic carbocycles. The van der Waals surface area contributed by atoms with Crippen LogP contribution in [0.5, 0.6) is 5.75 Å². The first-order valence-corrected chi connectivity index (χ1v) is 7.48. The monoisotopic (exact) mass is 290 g/mol. The fourth-order valence-electron chi connectivity index (χ4n) is 2.95. The second kappa shape index (κ2) is 7.25. The molecule has 0 spiro atoms. The van der Waals surface area contributed by atoms with Gasteiger partial charge in [0.15, 0.2) is 0 Å². The highest BCUT2D eigenvalue weighted by Gasteiger charge is 2.37. The van der Waals surface area contributed by atoms with E-state index in [0.717, 1.165) is 24.2 Å². The molecule has 1 aromatic carbocycles. The predicted octanol–water partition coefficient (Wildman–Crippen LogP) is 2.79. The standard InChI is InChI=1S/C17H22O4/c1-3-21-17(19)14-8-5-9-16(18)15(14)11-12-6-4-7-13(10-12)20-2/h4,6-7,10,14-15H,3,5,8-9,11H2,1-2H3/t14-,15+/m1/s1. The molecule has 1 fully saturated rings. The Morgan fingerprint density at radius 1 is 1.38 bits per heavy atom. The number of hydrogen-bond acceptors (Lipinski definition) is 4. The Balaban J connectivity index is 2.16. The van der Waals surface area contributed by atoms with Gasteiger partial charge in [-0.15, -0.1) is 0 Å². The lowest BCUT2D eigenvalue weighted by Crippen LogP contribution is -2.36. The van der Waals surface area contributed by atoms with Crippen LogP contribution in [0.3, 0.4) is 0 Å². The third kappa shape index (κ3) is 3.84. The molecule has 0 heterocycles. The second-order valence-electron chi connectivity index (χ2n) is 5.38. The zero-order valence-corrected chi connectivity index (χ0v) is 12.6. The van der Waals surface area contributed by atoms with Gasteiger partial charge in [-0.1, -0.05) is 12.1 Å². The van der Waals surface area contributed by atoms with Gasteiger partial charge in [-0.2, -0.15) is 0 Å². The largest absolute Gasteiger partial charge is 0.497 e. The van der Waals surface area contributed by atoms with Crippen LogP contribution in [-0.4, -0.2) is 25.5 Å². The molecule has 0 N–H and O–H groups in total. The number of ether oxygens (including phenoxy) is 2. The van der Waals surface area contributed by atoms with Crippen molar-refractivity contribution in [2.75, 3.05) is 13.7 Å². The van der Waals surface area contributed by atoms with Crippen molar-refractivity contribution in [2.45, 2.75) is 32.6 Å². The Morgan fingerprint density at radius 2 is 2.19 bits per heavy atom. The number of hydrogen-bond donors (Lipinski definition) is 0. The average Bonchev–Trinajstić information content (AvgIpc) is 2.49. The van der Waals surface area contributed by atoms with E-state index in [1.54, 1.807) is 14.0 Å². The van der Waals surface area contributed by atoms with Crippen molar-refractivity contribution in [1.29, 1.82) is 0 Å². The summed E-state index contributed by atoms with van der Waals surface area (Å²) in [4.78, 5) is 24.3. The summed E-state index contributed by atoms with van der Waals surface area (Å²) in [6.45, 7) is 2.15. The van der Waals surface area contributed by atoms with E-state index >= 15 is 0 Å². The second-order valence-corrected chi connectivity index (χ2v) is 5.38. The molecule has 4 heteroatoms. The van der Waals surface area contributed by atoms with Crippen LogP contribution in [0.1, 0.15) is 31.7 Å². The summed E-state index contributed by atoms with van der Waals surface area (Å²) in [6.07, 6.45) is 2.64. The molecular weight excluding hydrogens is 268 g/mol. The van der Waals surface area contributed by atoms with E-state index in [-0.39, 0.29) is 23.6 Å². The quantitative estimate of drug-likeness (QED) is 0.782. The number of ketones is 1. The maximum Gasteiger partial charge on any atom is 0.309 e. The molecule has 0 amide bonds. The summed E-state index contributed by atoms with van der Waals surface area (Å²) in [5.41, 5.74) is 1.02. The number of methoxy groups -OCH3 is 1. The fraction of sp³-hybridized carbons (Fsp3) is 0.529. The van der Waals surface area contributed by atoms with Gasteiger partial charge in [-0.25, -0.2) is 0 Å². The molecule has 1 aliphatic rings. The summed E-state index contributed by atoms with van der Waals surface area (Å²) >= 11 is 0. The number of Topliss-reactive ketones (excluding diaryl/α,β-unsaturated/α-hetero) is 1. The molecule has 114 valence electrons. The van der Waals surface area contributed by atoms with Crippen LogP contribution in [-0.2, 0) is 20.7 Å². The van der Waals surface area contributed by atoms with Gasteiger partial charge in [-0.05, 0) is 43.9 Å². The van der Waals surface area contributed by atoms with Crippen LogP contribution in [0, 0.1) is 11.8 Å². The summed E-state index contributed by atoms with van der Waals surface area (Å²) < 4.78 is 10.3. The molecule has 0 bridgehead atoms. The predicted molar refractivity (Wildman–Crippen MR) is 79.2 cm³/mol. The van der Waals surface area contributed by atoms with E-state index in [1.807, 2.05) is 24.3 Å². The van der Waals surface area contributed by atoms with Crippen molar-refractivity contribution >= 4 is 11.8 Å². The molecule has 0 unspecified atom stereocenters. The number of carbonyl (C=O) groups excluding carboxylic acids is 2. The van der Waals surface area contributed by atoms with Crippen molar-refractivity contribution in [3.63, 3.8) is 0 Å². The Bertz CT molecular complexity index is 509. The number of carbonyl (C=O) groups is 2. The van der Waals surface area contributed by atoms with Crippen LogP contribution in [0.2, 0.25) is 0 Å². The van der Waals surface area contributed by atoms with Gasteiger partial charge in [0, 0.05) is 12.3 Å². The Kier molecular flexibility index (Phi) is 5.37. The van der Waals surface area contributed by atoms with Gasteiger partial charge in [0.1, 0.15) is 11.5 Å². The van der Waals surface area contributed by atoms with E-state index < -0.39 is 0 Å². The fourth-order valence-corrected chi connectivity index (χ4v) is 2.95. The lowest BCUT2D eigenvalue weighted by atomic mass is 9.75. The van der Waals surface area contributed by atoms with Crippen molar-refractivity contribution in [3.8, 4) is 5.75 Å². The van der Waals surface area contributed by atoms with Gasteiger partial charge >= 0.3 is 5.97 Å². The molecule has 0 aromatic heterocycles. The maximum atomic E-state index is 12.2. The lowest BCUT2D eigenvalue weighted by Gasteiger charge is -2.28. The van der Waals surface area contributed by atoms with Gasteiger partial charge in [0.25, 0.3) is 0 Å². The van der Waals surface area contributed by atoms with Crippen molar-refractivity contribution in [3.05, 3.63) is 29.8 Å². The molecule has 21 heavy (non-hydrogen) atoms. The molecule has 4 nitrogen and oxygen atoms in total. The summed E-state index contributed by atoms with van der Waals surface area (Å²) in [5, 5.41) is 0. The van der Waals surface area contributed by atoms with E-state index in [2.05, 4.69) is 0 Å². The van der Waals surface area contributed by atoms with E-state index in [1.165, 1.54) is 0 Å². The Hall–Kier alpha value is -1.84. The molecule has 0 radical (unpaired) electrons. The number of benzene rings is 1. The molecule has 2 atom stereocenters. The molecule has 1 aromatic rings. The SMILES string of the molecule is CCOC(=O)[C@@H]1CCCC(=O)[C@H]1Cc1cccc(OC)c1. The maximum absolute atomic E-state index is 12.2. The molecular formula is C17H22O4. The molecule has 0 aliphatic heterocycles. The zero-order valence-electron chi connectivity index (χ0n) is 12.6. The number of rotatable bonds is 5. The summed E-state index contributed by atoms with van der Waals surface area (Å²) in [7, 11) is 1.62. The van der Waals surface area contributed by atoms with Crippen molar-refractivity contribution in [2.24, 2.45) is 11.8 Å². The van der Waals surface area contributed by atoms with Crippen LogP contribution >= 0.6 is 0 Å². The minimum Gasteiger partial charge on any atom is -0.497 e. The third-order valence-corrected chi connectivity index (χ3v) is 4.02. The highest BCUT2D eigenvalue weighted by Crippen LogP contribution is 2.31. The topological polar surface area (TPSA) is 52.6 Å². The van der Waals surface area contributed by atoms with Crippen LogP contribution in [0.15, 0.2) is 24.3 Å². The minimum atomic E-state index is -0.308. The average molecular weight is 290 g/mol. The van der Waals surface area contributed by atoms with E-state index in [4.69, 9.17) is 9.47 Å². The highest BCUT2D eigenvalue weighted by molar-refractivity contribution is 5.88. The molecule has 2 rings (SSSR count). The van der Waals surface area contributed by atoms with Gasteiger partial charge < -0.3 is 9.47 Å². The summed E-state index contributed by atoms with van der Waals surface area (Å²) in [6, 6.07) is 7.66. The summed E-state index contributed by atoms with van der Waals surface area (Å²) in [5.74, 6) is 0.117. The van der Waals surface area contributed by atoms with Gasteiger partial charge in [-0.3, -0.25) is 9.59 Å². The van der Waals surface area contributed by atoms with Crippen LogP contribution in [0.4, 0.5) is 0 Å². The smallest absolute Gasteiger partial charge is 0.309 e. The Labute approximate surface area is 125 Å².